The topological polar surface area (TPSA) is 84.9 Å². The average Bonchev–Trinajstić information content (AvgIpc) is 2.83. The van der Waals surface area contributed by atoms with Gasteiger partial charge in [0, 0.05) is 16.7 Å². The van der Waals surface area contributed by atoms with E-state index in [1.54, 1.807) is 49.4 Å². The Morgan fingerprint density at radius 1 is 1.06 bits per heavy atom. The fourth-order valence-corrected chi connectivity index (χ4v) is 3.62. The molecule has 1 heterocycles. The molecular weight excluding hydrogens is 475 g/mol. The van der Waals surface area contributed by atoms with Gasteiger partial charge in [-0.15, -0.1) is 0 Å². The highest BCUT2D eigenvalue weighted by atomic mass is 35.5. The lowest BCUT2D eigenvalue weighted by Crippen LogP contribution is -2.54. The summed E-state index contributed by atoms with van der Waals surface area (Å²) < 4.78 is 24.6. The van der Waals surface area contributed by atoms with Gasteiger partial charge in [-0.05, 0) is 60.5 Å². The number of imide groups is 2. The second-order valence-electron chi connectivity index (χ2n) is 7.71. The minimum absolute atomic E-state index is 0.0354. The van der Waals surface area contributed by atoms with Crippen molar-refractivity contribution >= 4 is 41.2 Å². The van der Waals surface area contributed by atoms with E-state index in [2.05, 4.69) is 5.32 Å². The Morgan fingerprint density at radius 3 is 2.57 bits per heavy atom. The molecule has 0 aliphatic carbocycles. The molecule has 0 aromatic heterocycles. The predicted molar refractivity (Wildman–Crippen MR) is 129 cm³/mol. The number of carbonyl (C=O) groups is 3. The number of methoxy groups -OCH3 is 1. The van der Waals surface area contributed by atoms with E-state index in [9.17, 15) is 18.8 Å². The zero-order valence-corrected chi connectivity index (χ0v) is 19.6. The van der Waals surface area contributed by atoms with Crippen LogP contribution in [0.3, 0.4) is 0 Å². The van der Waals surface area contributed by atoms with Crippen molar-refractivity contribution in [2.75, 3.05) is 12.0 Å². The number of rotatable bonds is 6. The molecule has 0 unspecified atom stereocenters. The van der Waals surface area contributed by atoms with Gasteiger partial charge in [-0.2, -0.15) is 0 Å². The normalized spacial score (nSPS) is 14.8. The lowest BCUT2D eigenvalue weighted by molar-refractivity contribution is -0.122. The lowest BCUT2D eigenvalue weighted by atomic mass is 10.1. The molecule has 1 fully saturated rings. The summed E-state index contributed by atoms with van der Waals surface area (Å²) in [6.45, 7) is 1.82. The number of ether oxygens (including phenoxy) is 2. The molecule has 0 spiro atoms. The number of carbonyl (C=O) groups excluding carboxylic acids is 3. The third-order valence-electron chi connectivity index (χ3n) is 5.32. The van der Waals surface area contributed by atoms with E-state index in [0.29, 0.717) is 27.6 Å². The van der Waals surface area contributed by atoms with Gasteiger partial charge in [-0.1, -0.05) is 29.8 Å². The van der Waals surface area contributed by atoms with Gasteiger partial charge in [0.15, 0.2) is 0 Å². The molecular formula is C26H20ClFN2O5. The van der Waals surface area contributed by atoms with E-state index in [4.69, 9.17) is 21.1 Å². The van der Waals surface area contributed by atoms with Gasteiger partial charge in [-0.25, -0.2) is 14.1 Å². The summed E-state index contributed by atoms with van der Waals surface area (Å²) in [7, 11) is 1.48. The standard InChI is InChI=1S/C26H20ClFN2O5/c1-15-6-8-19(12-22(15)27)30-25(32)21(24(31)29-26(30)33)11-17-7-9-20(34-2)13-23(17)35-14-16-4-3-5-18(28)10-16/h3-13H,14H2,1-2H3,(H,29,31,33)/b21-11+. The first-order valence-corrected chi connectivity index (χ1v) is 10.9. The number of barbiturate groups is 1. The Hall–Kier alpha value is -4.17. The summed E-state index contributed by atoms with van der Waals surface area (Å²) in [5.41, 5.74) is 1.69. The molecule has 3 aromatic rings. The third kappa shape index (κ3) is 5.17. The number of amides is 4. The highest BCUT2D eigenvalue weighted by Gasteiger charge is 2.37. The number of aryl methyl sites for hydroxylation is 1. The van der Waals surface area contributed by atoms with Crippen LogP contribution in [-0.2, 0) is 16.2 Å². The molecule has 1 saturated heterocycles. The molecule has 1 aliphatic rings. The number of nitrogens with one attached hydrogen (secondary N) is 1. The molecule has 178 valence electrons. The first-order valence-electron chi connectivity index (χ1n) is 10.5. The summed E-state index contributed by atoms with van der Waals surface area (Å²) in [6, 6.07) is 14.6. The van der Waals surface area contributed by atoms with E-state index in [1.807, 2.05) is 0 Å². The van der Waals surface area contributed by atoms with Gasteiger partial charge in [0.2, 0.25) is 0 Å². The molecule has 0 atom stereocenters. The van der Waals surface area contributed by atoms with Crippen molar-refractivity contribution in [1.29, 1.82) is 0 Å². The number of nitrogens with zero attached hydrogens (tertiary/aromatic N) is 1. The zero-order valence-electron chi connectivity index (χ0n) is 18.8. The van der Waals surface area contributed by atoms with Crippen LogP contribution >= 0.6 is 11.6 Å². The summed E-state index contributed by atoms with van der Waals surface area (Å²) in [6.07, 6.45) is 1.33. The Balaban J connectivity index is 1.69. The molecule has 0 bridgehead atoms. The summed E-state index contributed by atoms with van der Waals surface area (Å²) >= 11 is 6.16. The fourth-order valence-electron chi connectivity index (χ4n) is 3.44. The Morgan fingerprint density at radius 2 is 1.86 bits per heavy atom. The van der Waals surface area contributed by atoms with Crippen molar-refractivity contribution in [2.45, 2.75) is 13.5 Å². The molecule has 0 saturated carbocycles. The monoisotopic (exact) mass is 494 g/mol. The van der Waals surface area contributed by atoms with Crippen LogP contribution in [0.5, 0.6) is 11.5 Å². The SMILES string of the molecule is COc1ccc(/C=C2\C(=O)NC(=O)N(c3ccc(C)c(Cl)c3)C2=O)c(OCc2cccc(F)c2)c1. The van der Waals surface area contributed by atoms with Gasteiger partial charge in [0.05, 0.1) is 12.8 Å². The van der Waals surface area contributed by atoms with Crippen LogP contribution in [0.15, 0.2) is 66.2 Å². The molecule has 35 heavy (non-hydrogen) atoms. The second kappa shape index (κ2) is 9.99. The average molecular weight is 495 g/mol. The van der Waals surface area contributed by atoms with Crippen molar-refractivity contribution in [3.05, 3.63) is 93.8 Å². The molecule has 1 N–H and O–H groups in total. The maximum atomic E-state index is 13.5. The molecule has 4 amide bonds. The summed E-state index contributed by atoms with van der Waals surface area (Å²) in [5, 5.41) is 2.55. The summed E-state index contributed by atoms with van der Waals surface area (Å²) in [4.78, 5) is 39.1. The van der Waals surface area contributed by atoms with Gasteiger partial charge in [0.25, 0.3) is 11.8 Å². The molecule has 1 aliphatic heterocycles. The zero-order chi connectivity index (χ0) is 25.1. The number of benzene rings is 3. The van der Waals surface area contributed by atoms with Gasteiger partial charge >= 0.3 is 6.03 Å². The predicted octanol–water partition coefficient (Wildman–Crippen LogP) is 5.04. The van der Waals surface area contributed by atoms with E-state index < -0.39 is 23.7 Å². The van der Waals surface area contributed by atoms with Crippen LogP contribution < -0.4 is 19.7 Å². The van der Waals surface area contributed by atoms with Crippen molar-refractivity contribution in [1.82, 2.24) is 5.32 Å². The highest BCUT2D eigenvalue weighted by Crippen LogP contribution is 2.30. The maximum Gasteiger partial charge on any atom is 0.335 e. The van der Waals surface area contributed by atoms with Crippen molar-refractivity contribution in [2.24, 2.45) is 0 Å². The smallest absolute Gasteiger partial charge is 0.335 e. The van der Waals surface area contributed by atoms with Gasteiger partial charge < -0.3 is 9.47 Å². The quantitative estimate of drug-likeness (QED) is 0.383. The second-order valence-corrected chi connectivity index (χ2v) is 8.12. The molecule has 4 rings (SSSR count). The fraction of sp³-hybridized carbons (Fsp3) is 0.115. The Kier molecular flexibility index (Phi) is 6.84. The van der Waals surface area contributed by atoms with Crippen LogP contribution in [0, 0.1) is 12.7 Å². The molecule has 0 radical (unpaired) electrons. The number of hydrogen-bond acceptors (Lipinski definition) is 5. The lowest BCUT2D eigenvalue weighted by Gasteiger charge is -2.26. The van der Waals surface area contributed by atoms with E-state index in [1.165, 1.54) is 31.4 Å². The van der Waals surface area contributed by atoms with Gasteiger partial charge in [0.1, 0.15) is 29.5 Å². The third-order valence-corrected chi connectivity index (χ3v) is 5.73. The number of hydrogen-bond donors (Lipinski definition) is 1. The van der Waals surface area contributed by atoms with Crippen molar-refractivity contribution in [3.8, 4) is 11.5 Å². The van der Waals surface area contributed by atoms with E-state index >= 15 is 0 Å². The molecule has 9 heteroatoms. The van der Waals surface area contributed by atoms with Crippen LogP contribution in [0.2, 0.25) is 5.02 Å². The van der Waals surface area contributed by atoms with Crippen molar-refractivity contribution < 1.29 is 28.2 Å². The number of halogens is 2. The number of anilines is 1. The molecule has 3 aromatic carbocycles. The minimum Gasteiger partial charge on any atom is -0.497 e. The maximum absolute atomic E-state index is 13.5. The van der Waals surface area contributed by atoms with E-state index in [-0.39, 0.29) is 17.9 Å². The van der Waals surface area contributed by atoms with Crippen LogP contribution in [-0.4, -0.2) is 25.0 Å². The van der Waals surface area contributed by atoms with Crippen LogP contribution in [0.25, 0.3) is 6.08 Å². The Bertz CT molecular complexity index is 1370. The highest BCUT2D eigenvalue weighted by molar-refractivity contribution is 6.39. The van der Waals surface area contributed by atoms with Crippen LogP contribution in [0.1, 0.15) is 16.7 Å². The van der Waals surface area contributed by atoms with Crippen LogP contribution in [0.4, 0.5) is 14.9 Å². The first kappa shape index (κ1) is 24.0. The Labute approximate surface area is 205 Å². The van der Waals surface area contributed by atoms with E-state index in [0.717, 1.165) is 10.5 Å². The van der Waals surface area contributed by atoms with Crippen molar-refractivity contribution in [3.63, 3.8) is 0 Å². The summed E-state index contributed by atoms with van der Waals surface area (Å²) in [5.74, 6) is -1.29. The first-order chi connectivity index (χ1) is 16.8. The largest absolute Gasteiger partial charge is 0.497 e. The minimum atomic E-state index is -0.880. The molecule has 7 nitrogen and oxygen atoms in total. The van der Waals surface area contributed by atoms with Gasteiger partial charge in [-0.3, -0.25) is 14.9 Å². The number of urea groups is 1.